The number of hydrogen-bond acceptors (Lipinski definition) is 5. The van der Waals surface area contributed by atoms with E-state index in [1.54, 1.807) is 17.2 Å². The van der Waals surface area contributed by atoms with Crippen LogP contribution in [0.15, 0.2) is 42.6 Å². The lowest BCUT2D eigenvalue weighted by atomic mass is 9.99. The molecular weight excluding hydrogens is 368 g/mol. The van der Waals surface area contributed by atoms with Gasteiger partial charge in [0, 0.05) is 18.3 Å². The van der Waals surface area contributed by atoms with Crippen molar-refractivity contribution in [3.63, 3.8) is 0 Å². The van der Waals surface area contributed by atoms with Gasteiger partial charge in [0.15, 0.2) is 5.82 Å². The molecule has 0 saturated carbocycles. The molecule has 1 aromatic carbocycles. The van der Waals surface area contributed by atoms with Gasteiger partial charge in [0.1, 0.15) is 0 Å². The van der Waals surface area contributed by atoms with E-state index in [1.165, 1.54) is 0 Å². The summed E-state index contributed by atoms with van der Waals surface area (Å²) in [5.41, 5.74) is 2.15. The molecule has 0 spiro atoms. The van der Waals surface area contributed by atoms with Crippen molar-refractivity contribution in [2.24, 2.45) is 0 Å². The molecular formula is C22H24N4O3. The molecule has 1 unspecified atom stereocenters. The van der Waals surface area contributed by atoms with E-state index in [9.17, 15) is 14.7 Å². The number of piperidine rings is 1. The Morgan fingerprint density at radius 3 is 2.62 bits per heavy atom. The summed E-state index contributed by atoms with van der Waals surface area (Å²) in [7, 11) is 0. The molecule has 2 fully saturated rings. The van der Waals surface area contributed by atoms with Gasteiger partial charge < -0.3 is 20.2 Å². The maximum absolute atomic E-state index is 13.3. The standard InChI is InChI=1S/C22H24N4O3/c27-18-9-16-6-7-17(10-18)26(16)22(29)15-8-19-21(23-11-15)24-12-20(28)25(19)13-14-4-2-1-3-5-14/h1-5,8,11,16-18,27H,6-7,9-10,12-13H2,(H,23,24)/t16-,17+,18?. The van der Waals surface area contributed by atoms with Crippen molar-refractivity contribution in [3.05, 3.63) is 53.7 Å². The van der Waals surface area contributed by atoms with Crippen LogP contribution in [-0.2, 0) is 11.3 Å². The van der Waals surface area contributed by atoms with Crippen molar-refractivity contribution in [1.29, 1.82) is 0 Å². The molecule has 0 radical (unpaired) electrons. The Balaban J connectivity index is 1.45. The lowest BCUT2D eigenvalue weighted by Gasteiger charge is -2.37. The van der Waals surface area contributed by atoms with Gasteiger partial charge in [0.2, 0.25) is 5.91 Å². The number of aromatic nitrogens is 1. The highest BCUT2D eigenvalue weighted by atomic mass is 16.3. The number of nitrogens with one attached hydrogen (secondary N) is 1. The number of hydrogen-bond donors (Lipinski definition) is 2. The number of anilines is 2. The van der Waals surface area contributed by atoms with Crippen molar-refractivity contribution in [2.75, 3.05) is 16.8 Å². The number of amides is 2. The molecule has 3 aliphatic heterocycles. The highest BCUT2D eigenvalue weighted by Crippen LogP contribution is 2.38. The minimum Gasteiger partial charge on any atom is -0.393 e. The first kappa shape index (κ1) is 18.1. The van der Waals surface area contributed by atoms with Crippen LogP contribution in [0.1, 0.15) is 41.6 Å². The Kier molecular flexibility index (Phi) is 4.47. The first-order chi connectivity index (χ1) is 14.1. The third kappa shape index (κ3) is 3.25. The van der Waals surface area contributed by atoms with Gasteiger partial charge >= 0.3 is 0 Å². The highest BCUT2D eigenvalue weighted by Gasteiger charge is 2.43. The van der Waals surface area contributed by atoms with Crippen molar-refractivity contribution in [1.82, 2.24) is 9.88 Å². The van der Waals surface area contributed by atoms with Crippen molar-refractivity contribution >= 4 is 23.3 Å². The minimum atomic E-state index is -0.318. The minimum absolute atomic E-state index is 0.0473. The van der Waals surface area contributed by atoms with Crippen LogP contribution in [0.3, 0.4) is 0 Å². The molecule has 5 rings (SSSR count). The monoisotopic (exact) mass is 392 g/mol. The molecule has 2 amide bonds. The SMILES string of the molecule is O=C1CNc2ncc(C(=O)N3[C@@H]4CC[C@H]3CC(O)C4)cc2N1Cc1ccccc1. The molecule has 3 aliphatic rings. The van der Waals surface area contributed by atoms with Crippen molar-refractivity contribution in [2.45, 2.75) is 50.4 Å². The van der Waals surface area contributed by atoms with Crippen LogP contribution >= 0.6 is 0 Å². The third-order valence-corrected chi connectivity index (χ3v) is 6.24. The summed E-state index contributed by atoms with van der Waals surface area (Å²) in [6.45, 7) is 0.628. The Bertz CT molecular complexity index is 934. The van der Waals surface area contributed by atoms with E-state index in [-0.39, 0.29) is 36.5 Å². The van der Waals surface area contributed by atoms with Crippen molar-refractivity contribution < 1.29 is 14.7 Å². The molecule has 2 bridgehead atoms. The lowest BCUT2D eigenvalue weighted by Crippen LogP contribution is -2.48. The fourth-order valence-electron chi connectivity index (χ4n) is 4.87. The summed E-state index contributed by atoms with van der Waals surface area (Å²) < 4.78 is 0. The molecule has 29 heavy (non-hydrogen) atoms. The zero-order valence-corrected chi connectivity index (χ0v) is 16.1. The van der Waals surface area contributed by atoms with E-state index in [4.69, 9.17) is 0 Å². The fourth-order valence-corrected chi connectivity index (χ4v) is 4.87. The summed E-state index contributed by atoms with van der Waals surface area (Å²) in [5, 5.41) is 13.1. The van der Waals surface area contributed by atoms with Gasteiger partial charge in [-0.25, -0.2) is 4.98 Å². The van der Waals surface area contributed by atoms with Crippen LogP contribution in [0.4, 0.5) is 11.5 Å². The number of nitrogens with zero attached hydrogens (tertiary/aromatic N) is 3. The quantitative estimate of drug-likeness (QED) is 0.836. The van der Waals surface area contributed by atoms with Crippen LogP contribution < -0.4 is 10.2 Å². The second-order valence-corrected chi connectivity index (χ2v) is 8.13. The maximum atomic E-state index is 13.3. The number of aliphatic hydroxyl groups excluding tert-OH is 1. The Morgan fingerprint density at radius 2 is 1.90 bits per heavy atom. The number of aliphatic hydroxyl groups is 1. The van der Waals surface area contributed by atoms with E-state index < -0.39 is 0 Å². The zero-order valence-electron chi connectivity index (χ0n) is 16.1. The molecule has 2 saturated heterocycles. The maximum Gasteiger partial charge on any atom is 0.256 e. The van der Waals surface area contributed by atoms with Crippen LogP contribution in [0, 0.1) is 0 Å². The van der Waals surface area contributed by atoms with Crippen molar-refractivity contribution in [3.8, 4) is 0 Å². The van der Waals surface area contributed by atoms with Crippen LogP contribution in [0.2, 0.25) is 0 Å². The summed E-state index contributed by atoms with van der Waals surface area (Å²) in [6, 6.07) is 11.8. The molecule has 150 valence electrons. The average molecular weight is 392 g/mol. The summed E-state index contributed by atoms with van der Waals surface area (Å²) in [5.74, 6) is 0.514. The third-order valence-electron chi connectivity index (χ3n) is 6.24. The summed E-state index contributed by atoms with van der Waals surface area (Å²) >= 11 is 0. The van der Waals surface area contributed by atoms with Gasteiger partial charge in [-0.1, -0.05) is 30.3 Å². The second-order valence-electron chi connectivity index (χ2n) is 8.13. The van der Waals surface area contributed by atoms with Gasteiger partial charge in [0.05, 0.1) is 30.4 Å². The second kappa shape index (κ2) is 7.15. The predicted octanol–water partition coefficient (Wildman–Crippen LogP) is 2.17. The molecule has 3 atom stereocenters. The largest absolute Gasteiger partial charge is 0.393 e. The number of pyridine rings is 1. The smallest absolute Gasteiger partial charge is 0.256 e. The number of carbonyl (C=O) groups excluding carboxylic acids is 2. The van der Waals surface area contributed by atoms with Gasteiger partial charge in [0.25, 0.3) is 5.91 Å². The molecule has 7 heteroatoms. The van der Waals surface area contributed by atoms with Gasteiger partial charge in [-0.2, -0.15) is 0 Å². The first-order valence-corrected chi connectivity index (χ1v) is 10.2. The van der Waals surface area contributed by atoms with E-state index in [0.29, 0.717) is 36.5 Å². The van der Waals surface area contributed by atoms with E-state index in [0.717, 1.165) is 18.4 Å². The summed E-state index contributed by atoms with van der Waals surface area (Å²) in [6.07, 6.45) is 4.43. The highest BCUT2D eigenvalue weighted by molar-refractivity contribution is 6.04. The van der Waals surface area contributed by atoms with Crippen LogP contribution in [0.25, 0.3) is 0 Å². The molecule has 2 N–H and O–H groups in total. The van der Waals surface area contributed by atoms with Crippen LogP contribution in [-0.4, -0.2) is 51.5 Å². The molecule has 0 aliphatic carbocycles. The van der Waals surface area contributed by atoms with Gasteiger partial charge in [-0.15, -0.1) is 0 Å². The fraction of sp³-hybridized carbons (Fsp3) is 0.409. The number of fused-ring (bicyclic) bond motifs is 3. The molecule has 4 heterocycles. The molecule has 2 aromatic rings. The number of benzene rings is 1. The molecule has 1 aromatic heterocycles. The lowest BCUT2D eigenvalue weighted by molar-refractivity contribution is -0.117. The Hall–Kier alpha value is -2.93. The topological polar surface area (TPSA) is 85.8 Å². The van der Waals surface area contributed by atoms with E-state index in [2.05, 4.69) is 10.3 Å². The Morgan fingerprint density at radius 1 is 1.17 bits per heavy atom. The average Bonchev–Trinajstić information content (AvgIpc) is 3.01. The first-order valence-electron chi connectivity index (χ1n) is 10.2. The van der Waals surface area contributed by atoms with E-state index in [1.807, 2.05) is 35.2 Å². The normalized spacial score (nSPS) is 25.6. The predicted molar refractivity (Wildman–Crippen MR) is 109 cm³/mol. The Labute approximate surface area is 169 Å². The zero-order chi connectivity index (χ0) is 20.0. The van der Waals surface area contributed by atoms with Gasteiger partial charge in [-0.05, 0) is 37.3 Å². The summed E-state index contributed by atoms with van der Waals surface area (Å²) in [4.78, 5) is 34.0. The number of rotatable bonds is 3. The van der Waals surface area contributed by atoms with E-state index >= 15 is 0 Å². The van der Waals surface area contributed by atoms with Crippen LogP contribution in [0.5, 0.6) is 0 Å². The van der Waals surface area contributed by atoms with Gasteiger partial charge in [-0.3, -0.25) is 9.59 Å². The molecule has 7 nitrogen and oxygen atoms in total. The number of carbonyl (C=O) groups is 2.